The SMILES string of the molecule is CC1(C)COc2ccc(C(F)(F)CCCC(=O)O)cc21. The number of rotatable bonds is 5. The first-order valence-corrected chi connectivity index (χ1v) is 6.60. The standard InChI is InChI=1S/C15H18F2O3/c1-14(2)9-20-12-6-5-10(8-11(12)14)15(16,17)7-3-4-13(18)19/h5-6,8H,3-4,7,9H2,1-2H3,(H,18,19). The van der Waals surface area contributed by atoms with E-state index < -0.39 is 18.3 Å². The molecule has 0 atom stereocenters. The van der Waals surface area contributed by atoms with Crippen molar-refractivity contribution in [3.63, 3.8) is 0 Å². The molecular weight excluding hydrogens is 266 g/mol. The molecule has 1 aromatic rings. The normalized spacial score (nSPS) is 16.6. The fourth-order valence-electron chi connectivity index (χ4n) is 2.35. The smallest absolute Gasteiger partial charge is 0.303 e. The van der Waals surface area contributed by atoms with Gasteiger partial charge in [0.25, 0.3) is 5.92 Å². The minimum Gasteiger partial charge on any atom is -0.492 e. The molecule has 1 N–H and O–H groups in total. The molecule has 0 unspecified atom stereocenters. The zero-order valence-corrected chi connectivity index (χ0v) is 11.6. The van der Waals surface area contributed by atoms with Gasteiger partial charge in [-0.1, -0.05) is 13.8 Å². The fraction of sp³-hybridized carbons (Fsp3) is 0.533. The first-order chi connectivity index (χ1) is 9.22. The van der Waals surface area contributed by atoms with E-state index in [-0.39, 0.29) is 23.8 Å². The Bertz CT molecular complexity index is 524. The highest BCUT2D eigenvalue weighted by molar-refractivity contribution is 5.66. The van der Waals surface area contributed by atoms with Gasteiger partial charge >= 0.3 is 5.97 Å². The Labute approximate surface area is 116 Å². The highest BCUT2D eigenvalue weighted by Gasteiger charge is 2.36. The third kappa shape index (κ3) is 2.92. The van der Waals surface area contributed by atoms with Crippen molar-refractivity contribution in [3.05, 3.63) is 29.3 Å². The van der Waals surface area contributed by atoms with Gasteiger partial charge < -0.3 is 9.84 Å². The van der Waals surface area contributed by atoms with E-state index >= 15 is 0 Å². The fourth-order valence-corrected chi connectivity index (χ4v) is 2.35. The topological polar surface area (TPSA) is 46.5 Å². The van der Waals surface area contributed by atoms with Crippen LogP contribution in [0.15, 0.2) is 18.2 Å². The number of carbonyl (C=O) groups is 1. The predicted molar refractivity (Wildman–Crippen MR) is 70.3 cm³/mol. The van der Waals surface area contributed by atoms with Crippen molar-refractivity contribution in [2.24, 2.45) is 0 Å². The zero-order chi connectivity index (χ0) is 15.0. The van der Waals surface area contributed by atoms with Gasteiger partial charge in [-0.25, -0.2) is 8.78 Å². The molecule has 2 rings (SSSR count). The predicted octanol–water partition coefficient (Wildman–Crippen LogP) is 3.70. The van der Waals surface area contributed by atoms with Gasteiger partial charge in [0.15, 0.2) is 0 Å². The molecule has 1 aromatic carbocycles. The average molecular weight is 284 g/mol. The van der Waals surface area contributed by atoms with Crippen LogP contribution in [0, 0.1) is 0 Å². The first kappa shape index (κ1) is 14.8. The van der Waals surface area contributed by atoms with Crippen molar-refractivity contribution in [3.8, 4) is 5.75 Å². The zero-order valence-electron chi connectivity index (χ0n) is 11.6. The molecule has 0 radical (unpaired) electrons. The van der Waals surface area contributed by atoms with Crippen LogP contribution in [0.25, 0.3) is 0 Å². The Morgan fingerprint density at radius 1 is 1.45 bits per heavy atom. The van der Waals surface area contributed by atoms with Gasteiger partial charge in [-0.05, 0) is 24.6 Å². The number of benzene rings is 1. The highest BCUT2D eigenvalue weighted by Crippen LogP contribution is 2.42. The Hall–Kier alpha value is -1.65. The van der Waals surface area contributed by atoms with Crippen LogP contribution in [-0.2, 0) is 16.1 Å². The Morgan fingerprint density at radius 2 is 2.15 bits per heavy atom. The molecule has 0 bridgehead atoms. The van der Waals surface area contributed by atoms with Crippen molar-refractivity contribution < 1.29 is 23.4 Å². The monoisotopic (exact) mass is 284 g/mol. The second kappa shape index (κ2) is 5.04. The van der Waals surface area contributed by atoms with Crippen LogP contribution in [-0.4, -0.2) is 17.7 Å². The number of ether oxygens (including phenoxy) is 1. The summed E-state index contributed by atoms with van der Waals surface area (Å²) in [7, 11) is 0. The van der Waals surface area contributed by atoms with Crippen LogP contribution < -0.4 is 4.74 Å². The lowest BCUT2D eigenvalue weighted by atomic mass is 9.85. The van der Waals surface area contributed by atoms with E-state index in [9.17, 15) is 13.6 Å². The molecule has 20 heavy (non-hydrogen) atoms. The summed E-state index contributed by atoms with van der Waals surface area (Å²) in [5.74, 6) is -3.41. The summed E-state index contributed by atoms with van der Waals surface area (Å²) in [6, 6.07) is 4.43. The van der Waals surface area contributed by atoms with Crippen LogP contribution in [0.1, 0.15) is 44.2 Å². The van der Waals surface area contributed by atoms with Gasteiger partial charge in [0.05, 0.1) is 6.61 Å². The largest absolute Gasteiger partial charge is 0.492 e. The van der Waals surface area contributed by atoms with E-state index in [0.717, 1.165) is 5.56 Å². The maximum Gasteiger partial charge on any atom is 0.303 e. The van der Waals surface area contributed by atoms with E-state index in [1.54, 1.807) is 6.07 Å². The van der Waals surface area contributed by atoms with E-state index in [4.69, 9.17) is 9.84 Å². The second-order valence-corrected chi connectivity index (χ2v) is 5.84. The minimum atomic E-state index is -3.01. The van der Waals surface area contributed by atoms with Gasteiger partial charge in [-0.2, -0.15) is 0 Å². The molecule has 1 aliphatic heterocycles. The Balaban J connectivity index is 2.18. The summed E-state index contributed by atoms with van der Waals surface area (Å²) in [6.45, 7) is 4.38. The molecule has 110 valence electrons. The number of halogens is 2. The second-order valence-electron chi connectivity index (χ2n) is 5.84. The van der Waals surface area contributed by atoms with E-state index in [1.165, 1.54) is 12.1 Å². The van der Waals surface area contributed by atoms with Gasteiger partial charge in [-0.3, -0.25) is 4.79 Å². The van der Waals surface area contributed by atoms with E-state index in [1.807, 2.05) is 13.8 Å². The molecule has 0 saturated carbocycles. The van der Waals surface area contributed by atoms with Crippen molar-refractivity contribution in [1.29, 1.82) is 0 Å². The molecule has 3 nitrogen and oxygen atoms in total. The van der Waals surface area contributed by atoms with Crippen LogP contribution in [0.3, 0.4) is 0 Å². The molecule has 1 heterocycles. The summed E-state index contributed by atoms with van der Waals surface area (Å²) >= 11 is 0. The number of hydrogen-bond donors (Lipinski definition) is 1. The van der Waals surface area contributed by atoms with Crippen molar-refractivity contribution >= 4 is 5.97 Å². The molecule has 0 aromatic heterocycles. The third-order valence-electron chi connectivity index (χ3n) is 3.60. The summed E-state index contributed by atoms with van der Waals surface area (Å²) < 4.78 is 33.7. The summed E-state index contributed by atoms with van der Waals surface area (Å²) in [4.78, 5) is 10.4. The van der Waals surface area contributed by atoms with Crippen LogP contribution >= 0.6 is 0 Å². The van der Waals surface area contributed by atoms with Crippen LogP contribution in [0.2, 0.25) is 0 Å². The van der Waals surface area contributed by atoms with E-state index in [0.29, 0.717) is 12.4 Å². The Kier molecular flexibility index (Phi) is 3.71. The lowest BCUT2D eigenvalue weighted by Crippen LogP contribution is -2.19. The number of carboxylic acids is 1. The maximum absolute atomic E-state index is 14.1. The van der Waals surface area contributed by atoms with Crippen molar-refractivity contribution in [2.45, 2.75) is 44.4 Å². The van der Waals surface area contributed by atoms with Gasteiger partial charge in [0.1, 0.15) is 5.75 Å². The summed E-state index contributed by atoms with van der Waals surface area (Å²) in [5.41, 5.74) is 0.441. The summed E-state index contributed by atoms with van der Waals surface area (Å²) in [6.07, 6.45) is -0.742. The number of hydrogen-bond acceptors (Lipinski definition) is 2. The number of fused-ring (bicyclic) bond motifs is 1. The van der Waals surface area contributed by atoms with Crippen LogP contribution in [0.4, 0.5) is 8.78 Å². The third-order valence-corrected chi connectivity index (χ3v) is 3.60. The van der Waals surface area contributed by atoms with Crippen LogP contribution in [0.5, 0.6) is 5.75 Å². The minimum absolute atomic E-state index is 0.0424. The first-order valence-electron chi connectivity index (χ1n) is 6.60. The van der Waals surface area contributed by atoms with Gasteiger partial charge in [0, 0.05) is 29.4 Å². The number of alkyl halides is 2. The molecular formula is C15H18F2O3. The number of carboxylic acid groups (broad SMARTS) is 1. The quantitative estimate of drug-likeness (QED) is 0.896. The lowest BCUT2D eigenvalue weighted by Gasteiger charge is -2.20. The molecule has 5 heteroatoms. The molecule has 0 saturated heterocycles. The molecule has 0 amide bonds. The molecule has 1 aliphatic rings. The van der Waals surface area contributed by atoms with Gasteiger partial charge in [0.2, 0.25) is 0 Å². The highest BCUT2D eigenvalue weighted by atomic mass is 19.3. The average Bonchev–Trinajstić information content (AvgIpc) is 2.64. The van der Waals surface area contributed by atoms with Gasteiger partial charge in [-0.15, -0.1) is 0 Å². The van der Waals surface area contributed by atoms with Crippen molar-refractivity contribution in [1.82, 2.24) is 0 Å². The number of aliphatic carboxylic acids is 1. The molecule has 0 aliphatic carbocycles. The lowest BCUT2D eigenvalue weighted by molar-refractivity contribution is -0.137. The Morgan fingerprint density at radius 3 is 2.80 bits per heavy atom. The molecule has 0 fully saturated rings. The van der Waals surface area contributed by atoms with E-state index in [2.05, 4.69) is 0 Å². The van der Waals surface area contributed by atoms with Crippen molar-refractivity contribution in [2.75, 3.05) is 6.61 Å². The maximum atomic E-state index is 14.1. The molecule has 0 spiro atoms. The summed E-state index contributed by atoms with van der Waals surface area (Å²) in [5, 5.41) is 8.51.